The maximum absolute atomic E-state index is 9.67. The molecule has 226 valence electrons. The Morgan fingerprint density at radius 3 is 1.47 bits per heavy atom. The van der Waals surface area contributed by atoms with Gasteiger partial charge in [-0.3, -0.25) is 0 Å². The van der Waals surface area contributed by atoms with E-state index in [0.717, 1.165) is 44.3 Å². The van der Waals surface area contributed by atoms with Crippen LogP contribution in [0.2, 0.25) is 0 Å². The van der Waals surface area contributed by atoms with E-state index in [1.54, 1.807) is 6.07 Å². The minimum atomic E-state index is 0.467. The Kier molecular flexibility index (Phi) is 5.84. The number of nitrogens with zero attached hydrogens (tertiary/aromatic N) is 4. The lowest BCUT2D eigenvalue weighted by atomic mass is 10.0. The Morgan fingerprint density at radius 2 is 0.857 bits per heavy atom. The van der Waals surface area contributed by atoms with Crippen molar-refractivity contribution in [3.8, 4) is 34.6 Å². The summed E-state index contributed by atoms with van der Waals surface area (Å²) in [5, 5.41) is 26.6. The van der Waals surface area contributed by atoms with E-state index >= 15 is 0 Å². The van der Waals surface area contributed by atoms with Crippen molar-refractivity contribution in [1.82, 2.24) is 9.13 Å². The first kappa shape index (κ1) is 27.5. The van der Waals surface area contributed by atoms with E-state index in [1.165, 1.54) is 42.0 Å². The highest BCUT2D eigenvalue weighted by molar-refractivity contribution is 7.25. The predicted octanol–water partition coefficient (Wildman–Crippen LogP) is 11.7. The smallest absolute Gasteiger partial charge is 0.0992 e. The molecule has 0 atom stereocenters. The van der Waals surface area contributed by atoms with Gasteiger partial charge < -0.3 is 9.13 Å². The summed E-state index contributed by atoms with van der Waals surface area (Å²) < 4.78 is 7.07. The molecule has 0 saturated carbocycles. The summed E-state index contributed by atoms with van der Waals surface area (Å²) in [5.74, 6) is 0. The number of rotatable bonds is 3. The van der Waals surface area contributed by atoms with Gasteiger partial charge in [0.15, 0.2) is 0 Å². The summed E-state index contributed by atoms with van der Waals surface area (Å²) in [6, 6.07) is 55.6. The van der Waals surface area contributed by atoms with E-state index in [9.17, 15) is 10.5 Å². The van der Waals surface area contributed by atoms with Crippen molar-refractivity contribution in [3.63, 3.8) is 0 Å². The first-order chi connectivity index (χ1) is 24.2. The standard InChI is InChI=1S/C44H24N4S/c45-25-27-19-28(26-46)21-32(20-27)48-41-12-6-3-9-35(41)36-22-29(13-16-42(36)48)30-14-17-43-37(23-30)38-24-31(15-18-44(38)49-43)47-39-10-4-1-7-33(39)34-8-2-5-11-40(34)47/h1-24H. The third-order valence-electron chi connectivity index (χ3n) is 9.73. The van der Waals surface area contributed by atoms with Gasteiger partial charge in [0.1, 0.15) is 0 Å². The second-order valence-corrected chi connectivity index (χ2v) is 13.5. The third-order valence-corrected chi connectivity index (χ3v) is 10.9. The zero-order chi connectivity index (χ0) is 32.6. The SMILES string of the molecule is N#Cc1cc(C#N)cc(-n2c3ccccc3c3cc(-c4ccc5sc6ccc(-n7c8ccccc8c8ccccc87)cc6c5c4)ccc32)c1. The average Bonchev–Trinajstić information content (AvgIpc) is 3.81. The van der Waals surface area contributed by atoms with E-state index in [-0.39, 0.29) is 0 Å². The van der Waals surface area contributed by atoms with Gasteiger partial charge in [-0.25, -0.2) is 0 Å². The lowest BCUT2D eigenvalue weighted by Gasteiger charge is -2.10. The molecule has 4 nitrogen and oxygen atoms in total. The van der Waals surface area contributed by atoms with Crippen molar-refractivity contribution in [3.05, 3.63) is 157 Å². The first-order valence-electron chi connectivity index (χ1n) is 16.1. The molecule has 3 heterocycles. The van der Waals surface area contributed by atoms with Crippen LogP contribution in [0.1, 0.15) is 11.1 Å². The second kappa shape index (κ2) is 10.4. The summed E-state index contributed by atoms with van der Waals surface area (Å²) in [4.78, 5) is 0. The Bertz CT molecular complexity index is 3000. The molecule has 7 aromatic carbocycles. The van der Waals surface area contributed by atoms with Crippen LogP contribution in [0.4, 0.5) is 0 Å². The molecule has 3 aromatic heterocycles. The topological polar surface area (TPSA) is 57.4 Å². The molecule has 0 N–H and O–H groups in total. The van der Waals surface area contributed by atoms with Crippen molar-refractivity contribution < 1.29 is 0 Å². The van der Waals surface area contributed by atoms with Crippen LogP contribution in [0.3, 0.4) is 0 Å². The van der Waals surface area contributed by atoms with Crippen LogP contribution < -0.4 is 0 Å². The fourth-order valence-corrected chi connectivity index (χ4v) is 8.65. The molecule has 0 amide bonds. The number of nitriles is 2. The highest BCUT2D eigenvalue weighted by atomic mass is 32.1. The number of benzene rings is 7. The molecule has 0 spiro atoms. The Hall–Kier alpha value is -6.66. The molecule has 0 aliphatic heterocycles. The molecule has 10 aromatic rings. The second-order valence-electron chi connectivity index (χ2n) is 12.4. The van der Waals surface area contributed by atoms with Gasteiger partial charge in [-0.2, -0.15) is 10.5 Å². The van der Waals surface area contributed by atoms with Gasteiger partial charge in [-0.05, 0) is 90.0 Å². The summed E-state index contributed by atoms with van der Waals surface area (Å²) in [6.07, 6.45) is 0. The number of para-hydroxylation sites is 3. The lowest BCUT2D eigenvalue weighted by Crippen LogP contribution is -1.96. The fraction of sp³-hybridized carbons (Fsp3) is 0. The molecule has 5 heteroatoms. The number of hydrogen-bond donors (Lipinski definition) is 0. The van der Waals surface area contributed by atoms with E-state index < -0.39 is 0 Å². The molecule has 0 aliphatic rings. The number of thiophene rings is 1. The predicted molar refractivity (Wildman–Crippen MR) is 203 cm³/mol. The summed E-state index contributed by atoms with van der Waals surface area (Å²) in [5.41, 5.74) is 9.67. The number of aromatic nitrogens is 2. The van der Waals surface area contributed by atoms with E-state index in [1.807, 2.05) is 29.5 Å². The lowest BCUT2D eigenvalue weighted by molar-refractivity contribution is 1.17. The highest BCUT2D eigenvalue weighted by Gasteiger charge is 2.17. The molecule has 49 heavy (non-hydrogen) atoms. The third kappa shape index (κ3) is 4.07. The van der Waals surface area contributed by atoms with Crippen LogP contribution in [0, 0.1) is 22.7 Å². The molecular formula is C44H24N4S. The van der Waals surface area contributed by atoms with Crippen LogP contribution in [0.25, 0.3) is 86.3 Å². The zero-order valence-electron chi connectivity index (χ0n) is 26.1. The van der Waals surface area contributed by atoms with Gasteiger partial charge in [-0.1, -0.05) is 66.7 Å². The number of fused-ring (bicyclic) bond motifs is 9. The minimum absolute atomic E-state index is 0.467. The molecular weight excluding hydrogens is 617 g/mol. The zero-order valence-corrected chi connectivity index (χ0v) is 26.9. The maximum Gasteiger partial charge on any atom is 0.0992 e. The van der Waals surface area contributed by atoms with Crippen molar-refractivity contribution in [2.75, 3.05) is 0 Å². The van der Waals surface area contributed by atoms with E-state index in [4.69, 9.17) is 0 Å². The minimum Gasteiger partial charge on any atom is -0.309 e. The highest BCUT2D eigenvalue weighted by Crippen LogP contribution is 2.41. The van der Waals surface area contributed by atoms with Crippen LogP contribution in [0.5, 0.6) is 0 Å². The quantitative estimate of drug-likeness (QED) is 0.193. The van der Waals surface area contributed by atoms with E-state index in [2.05, 4.69) is 143 Å². The van der Waals surface area contributed by atoms with Gasteiger partial charge in [0.2, 0.25) is 0 Å². The fourth-order valence-electron chi connectivity index (χ4n) is 7.58. The normalized spacial score (nSPS) is 11.6. The monoisotopic (exact) mass is 640 g/mol. The van der Waals surface area contributed by atoms with Gasteiger partial charge >= 0.3 is 0 Å². The van der Waals surface area contributed by atoms with Crippen molar-refractivity contribution in [2.24, 2.45) is 0 Å². The molecule has 10 rings (SSSR count). The Labute approximate surface area is 285 Å². The van der Waals surface area contributed by atoms with Crippen LogP contribution in [-0.4, -0.2) is 9.13 Å². The van der Waals surface area contributed by atoms with Crippen LogP contribution in [-0.2, 0) is 0 Å². The van der Waals surface area contributed by atoms with Crippen molar-refractivity contribution in [2.45, 2.75) is 0 Å². The van der Waals surface area contributed by atoms with Crippen LogP contribution >= 0.6 is 11.3 Å². The number of hydrogen-bond acceptors (Lipinski definition) is 3. The maximum atomic E-state index is 9.67. The summed E-state index contributed by atoms with van der Waals surface area (Å²) in [6.45, 7) is 0. The van der Waals surface area contributed by atoms with Crippen molar-refractivity contribution >= 4 is 75.1 Å². The Balaban J connectivity index is 1.15. The molecule has 0 aliphatic carbocycles. The van der Waals surface area contributed by atoms with E-state index in [0.29, 0.717) is 11.1 Å². The van der Waals surface area contributed by atoms with Gasteiger partial charge in [0.05, 0.1) is 45.3 Å². The summed E-state index contributed by atoms with van der Waals surface area (Å²) in [7, 11) is 0. The largest absolute Gasteiger partial charge is 0.309 e. The molecule has 0 radical (unpaired) electrons. The molecule has 0 bridgehead atoms. The van der Waals surface area contributed by atoms with Gasteiger partial charge in [0.25, 0.3) is 0 Å². The molecule has 0 saturated heterocycles. The molecule has 0 fully saturated rings. The Morgan fingerprint density at radius 1 is 0.388 bits per heavy atom. The summed E-state index contributed by atoms with van der Waals surface area (Å²) >= 11 is 1.83. The first-order valence-corrected chi connectivity index (χ1v) is 16.9. The van der Waals surface area contributed by atoms with Crippen molar-refractivity contribution in [1.29, 1.82) is 10.5 Å². The van der Waals surface area contributed by atoms with Gasteiger partial charge in [0, 0.05) is 53.1 Å². The van der Waals surface area contributed by atoms with Gasteiger partial charge in [-0.15, -0.1) is 11.3 Å². The molecule has 0 unspecified atom stereocenters. The van der Waals surface area contributed by atoms with Crippen LogP contribution in [0.15, 0.2) is 146 Å². The average molecular weight is 641 g/mol.